The third kappa shape index (κ3) is 4.96. The maximum absolute atomic E-state index is 13.1. The molecule has 0 saturated carbocycles. The van der Waals surface area contributed by atoms with Crippen molar-refractivity contribution in [3.8, 4) is 0 Å². The van der Waals surface area contributed by atoms with Gasteiger partial charge in [-0.15, -0.1) is 11.8 Å². The van der Waals surface area contributed by atoms with Gasteiger partial charge < -0.3 is 15.6 Å². The van der Waals surface area contributed by atoms with Crippen LogP contribution >= 0.6 is 11.8 Å². The van der Waals surface area contributed by atoms with Gasteiger partial charge in [0.15, 0.2) is 5.92 Å². The molecule has 0 aliphatic carbocycles. The SMILES string of the molecule is CC(C)(C)OC(=O)C1C(=O)N(CC(=O)O)c2cc(C(F)(F)F)ccc2S[C@H]1N. The first-order valence-corrected chi connectivity index (χ1v) is 8.98. The lowest BCUT2D eigenvalue weighted by Gasteiger charge is -2.27. The normalized spacial score (nSPS) is 20.4. The molecule has 0 bridgehead atoms. The zero-order valence-electron chi connectivity index (χ0n) is 15.2. The van der Waals surface area contributed by atoms with E-state index < -0.39 is 53.0 Å². The molecule has 0 fully saturated rings. The monoisotopic (exact) mass is 420 g/mol. The zero-order valence-corrected chi connectivity index (χ0v) is 16.1. The van der Waals surface area contributed by atoms with Crippen molar-refractivity contribution in [2.45, 2.75) is 42.8 Å². The van der Waals surface area contributed by atoms with E-state index in [1.54, 1.807) is 20.8 Å². The van der Waals surface area contributed by atoms with Gasteiger partial charge in [-0.2, -0.15) is 13.2 Å². The average molecular weight is 420 g/mol. The molecule has 2 rings (SSSR count). The number of rotatable bonds is 3. The lowest BCUT2D eigenvalue weighted by Crippen LogP contribution is -2.48. The van der Waals surface area contributed by atoms with Crippen LogP contribution in [0.5, 0.6) is 0 Å². The maximum Gasteiger partial charge on any atom is 0.416 e. The third-order valence-corrected chi connectivity index (χ3v) is 4.80. The zero-order chi connectivity index (χ0) is 21.4. The average Bonchev–Trinajstić information content (AvgIpc) is 2.59. The molecule has 0 radical (unpaired) electrons. The highest BCUT2D eigenvalue weighted by Crippen LogP contribution is 2.42. The molecule has 1 aliphatic heterocycles. The molecule has 11 heteroatoms. The first-order valence-electron chi connectivity index (χ1n) is 8.10. The van der Waals surface area contributed by atoms with E-state index in [-0.39, 0.29) is 10.6 Å². The summed E-state index contributed by atoms with van der Waals surface area (Å²) in [6, 6.07) is 2.57. The van der Waals surface area contributed by atoms with Crippen LogP contribution in [-0.4, -0.2) is 40.5 Å². The van der Waals surface area contributed by atoms with Crippen LogP contribution in [0.25, 0.3) is 0 Å². The van der Waals surface area contributed by atoms with Crippen LogP contribution in [0.3, 0.4) is 0 Å². The van der Waals surface area contributed by atoms with E-state index >= 15 is 0 Å². The number of hydrogen-bond acceptors (Lipinski definition) is 6. The minimum atomic E-state index is -4.70. The van der Waals surface area contributed by atoms with Crippen molar-refractivity contribution in [3.63, 3.8) is 0 Å². The van der Waals surface area contributed by atoms with E-state index in [4.69, 9.17) is 15.6 Å². The van der Waals surface area contributed by atoms with Crippen molar-refractivity contribution in [2.24, 2.45) is 11.7 Å². The Morgan fingerprint density at radius 3 is 2.39 bits per heavy atom. The van der Waals surface area contributed by atoms with Crippen LogP contribution in [0.15, 0.2) is 23.1 Å². The highest BCUT2D eigenvalue weighted by atomic mass is 32.2. The number of carbonyl (C=O) groups is 3. The molecule has 154 valence electrons. The van der Waals surface area contributed by atoms with E-state index in [1.165, 1.54) is 0 Å². The largest absolute Gasteiger partial charge is 0.480 e. The Bertz CT molecular complexity index is 807. The quantitative estimate of drug-likeness (QED) is 0.571. The minimum Gasteiger partial charge on any atom is -0.480 e. The topological polar surface area (TPSA) is 110 Å². The summed E-state index contributed by atoms with van der Waals surface area (Å²) in [5, 5.41) is 7.97. The summed E-state index contributed by atoms with van der Waals surface area (Å²) in [5.74, 6) is -5.04. The van der Waals surface area contributed by atoms with Crippen molar-refractivity contribution in [3.05, 3.63) is 23.8 Å². The molecule has 3 N–H and O–H groups in total. The van der Waals surface area contributed by atoms with Gasteiger partial charge in [0, 0.05) is 4.90 Å². The number of hydrogen-bond donors (Lipinski definition) is 2. The number of thioether (sulfide) groups is 1. The van der Waals surface area contributed by atoms with E-state index in [0.29, 0.717) is 11.0 Å². The number of esters is 1. The van der Waals surface area contributed by atoms with Crippen molar-refractivity contribution in [1.29, 1.82) is 0 Å². The summed E-state index contributed by atoms with van der Waals surface area (Å²) < 4.78 is 44.5. The second-order valence-corrected chi connectivity index (χ2v) is 8.31. The molecule has 1 heterocycles. The van der Waals surface area contributed by atoms with Gasteiger partial charge in [0.05, 0.1) is 16.6 Å². The minimum absolute atomic E-state index is 0.154. The Labute approximate surface area is 163 Å². The molecule has 1 aromatic rings. The van der Waals surface area contributed by atoms with Gasteiger partial charge in [-0.05, 0) is 39.0 Å². The fourth-order valence-electron chi connectivity index (χ4n) is 2.54. The van der Waals surface area contributed by atoms with Crippen LogP contribution in [0.2, 0.25) is 0 Å². The number of halogens is 3. The van der Waals surface area contributed by atoms with E-state index in [1.807, 2.05) is 0 Å². The van der Waals surface area contributed by atoms with Crippen molar-refractivity contribution < 1.29 is 37.4 Å². The second-order valence-electron chi connectivity index (χ2n) is 7.09. The Morgan fingerprint density at radius 1 is 1.29 bits per heavy atom. The summed E-state index contributed by atoms with van der Waals surface area (Å²) in [4.78, 5) is 37.4. The van der Waals surface area contributed by atoms with Crippen LogP contribution < -0.4 is 10.6 Å². The van der Waals surface area contributed by atoms with E-state index in [0.717, 1.165) is 23.9 Å². The standard InChI is InChI=1S/C17H19F3N2O5S/c1-16(2,3)27-15(26)12-13(21)28-10-5-4-8(17(18,19)20)6-9(10)22(14(12)25)7-11(23)24/h4-6,12-13H,7,21H2,1-3H3,(H,23,24)/t12?,13-/m1/s1. The van der Waals surface area contributed by atoms with Gasteiger partial charge in [0.1, 0.15) is 12.1 Å². The first kappa shape index (κ1) is 22.0. The molecule has 1 unspecified atom stereocenters. The van der Waals surface area contributed by atoms with Gasteiger partial charge in [0.25, 0.3) is 0 Å². The molecule has 1 aliphatic rings. The summed E-state index contributed by atoms with van der Waals surface area (Å²) >= 11 is 0.803. The number of nitrogens with zero attached hydrogens (tertiary/aromatic N) is 1. The van der Waals surface area contributed by atoms with Crippen LogP contribution in [0.4, 0.5) is 18.9 Å². The van der Waals surface area contributed by atoms with E-state index in [9.17, 15) is 27.6 Å². The summed E-state index contributed by atoms with van der Waals surface area (Å²) in [6.45, 7) is 3.79. The molecular weight excluding hydrogens is 401 g/mol. The molecule has 1 aromatic carbocycles. The predicted molar refractivity (Wildman–Crippen MR) is 94.6 cm³/mol. The molecule has 0 aromatic heterocycles. The molecule has 2 atom stereocenters. The number of nitrogens with two attached hydrogens (primary N) is 1. The van der Waals surface area contributed by atoms with Crippen LogP contribution in [0.1, 0.15) is 26.3 Å². The maximum atomic E-state index is 13.1. The number of amides is 1. The number of carboxylic acid groups (broad SMARTS) is 1. The highest BCUT2D eigenvalue weighted by Gasteiger charge is 2.44. The third-order valence-electron chi connectivity index (χ3n) is 3.65. The molecular formula is C17H19F3N2O5S. The Hall–Kier alpha value is -2.27. The lowest BCUT2D eigenvalue weighted by atomic mass is 10.1. The molecule has 0 saturated heterocycles. The number of fused-ring (bicyclic) bond motifs is 1. The summed E-state index contributed by atoms with van der Waals surface area (Å²) in [6.07, 6.45) is -4.70. The molecule has 28 heavy (non-hydrogen) atoms. The Balaban J connectivity index is 2.56. The van der Waals surface area contributed by atoms with Gasteiger partial charge in [-0.3, -0.25) is 19.3 Å². The number of anilines is 1. The summed E-state index contributed by atoms with van der Waals surface area (Å²) in [5.41, 5.74) is 3.70. The number of carboxylic acids is 1. The van der Waals surface area contributed by atoms with Crippen LogP contribution in [-0.2, 0) is 25.3 Å². The number of carbonyl (C=O) groups excluding carboxylic acids is 2. The van der Waals surface area contributed by atoms with Gasteiger partial charge in [-0.1, -0.05) is 0 Å². The van der Waals surface area contributed by atoms with Gasteiger partial charge >= 0.3 is 18.1 Å². The molecule has 7 nitrogen and oxygen atoms in total. The predicted octanol–water partition coefficient (Wildman–Crippen LogP) is 2.47. The number of alkyl halides is 3. The van der Waals surface area contributed by atoms with E-state index in [2.05, 4.69) is 0 Å². The fraction of sp³-hybridized carbons (Fsp3) is 0.471. The Morgan fingerprint density at radius 2 is 1.89 bits per heavy atom. The molecule has 1 amide bonds. The lowest BCUT2D eigenvalue weighted by molar-refractivity contribution is -0.162. The second kappa shape index (κ2) is 7.63. The number of ether oxygens (including phenoxy) is 1. The summed E-state index contributed by atoms with van der Waals surface area (Å²) in [7, 11) is 0. The Kier molecular flexibility index (Phi) is 6.00. The highest BCUT2D eigenvalue weighted by molar-refractivity contribution is 8.00. The van der Waals surface area contributed by atoms with Crippen molar-refractivity contribution >= 4 is 35.3 Å². The molecule has 0 spiro atoms. The first-order chi connectivity index (χ1) is 12.7. The van der Waals surface area contributed by atoms with Crippen molar-refractivity contribution in [2.75, 3.05) is 11.4 Å². The van der Waals surface area contributed by atoms with Gasteiger partial charge in [0.2, 0.25) is 5.91 Å². The fourth-order valence-corrected chi connectivity index (χ4v) is 3.64. The number of aliphatic carboxylic acids is 1. The van der Waals surface area contributed by atoms with Crippen LogP contribution in [0, 0.1) is 5.92 Å². The smallest absolute Gasteiger partial charge is 0.416 e. The van der Waals surface area contributed by atoms with Gasteiger partial charge in [-0.25, -0.2) is 0 Å². The number of benzene rings is 1. The van der Waals surface area contributed by atoms with Crippen molar-refractivity contribution in [1.82, 2.24) is 0 Å².